The van der Waals surface area contributed by atoms with Crippen LogP contribution in [0.25, 0.3) is 0 Å². The Bertz CT molecular complexity index is 492. The summed E-state index contributed by atoms with van der Waals surface area (Å²) in [6, 6.07) is 2.80. The van der Waals surface area contributed by atoms with Gasteiger partial charge in [0.2, 0.25) is 5.91 Å². The van der Waals surface area contributed by atoms with Crippen molar-refractivity contribution in [3.05, 3.63) is 33.3 Å². The minimum Gasteiger partial charge on any atom is -0.390 e. The second-order valence-corrected chi connectivity index (χ2v) is 5.18. The molecule has 1 aromatic rings. The lowest BCUT2D eigenvalue weighted by Gasteiger charge is -2.27. The Balaban J connectivity index is 2.44. The van der Waals surface area contributed by atoms with Crippen LogP contribution >= 0.6 is 23.2 Å². The number of likely N-dealkylation sites (N-methyl/N-ethyl adjacent to an activating group) is 1. The number of carbonyl (C=O) groups is 1. The highest BCUT2D eigenvalue weighted by Crippen LogP contribution is 2.40. The second kappa shape index (κ2) is 5.05. The van der Waals surface area contributed by atoms with Gasteiger partial charge in [-0.15, -0.1) is 0 Å². The molecule has 0 saturated heterocycles. The third kappa shape index (κ3) is 2.21. The van der Waals surface area contributed by atoms with Crippen molar-refractivity contribution >= 4 is 29.1 Å². The van der Waals surface area contributed by atoms with Crippen molar-refractivity contribution in [1.82, 2.24) is 4.90 Å². The molecule has 2 rings (SSSR count). The Kier molecular flexibility index (Phi) is 3.82. The molecule has 0 aromatic heterocycles. The largest absolute Gasteiger partial charge is 0.390 e. The van der Waals surface area contributed by atoms with Crippen molar-refractivity contribution in [1.29, 1.82) is 0 Å². The van der Waals surface area contributed by atoms with Gasteiger partial charge in [0, 0.05) is 23.5 Å². The number of aliphatic hydroxyl groups excluding tert-OH is 2. The van der Waals surface area contributed by atoms with Crippen molar-refractivity contribution < 1.29 is 15.0 Å². The van der Waals surface area contributed by atoms with E-state index in [-0.39, 0.29) is 0 Å². The maximum Gasteiger partial charge on any atom is 0.248 e. The van der Waals surface area contributed by atoms with E-state index in [4.69, 9.17) is 28.3 Å². The molecule has 0 aliphatic heterocycles. The van der Waals surface area contributed by atoms with Gasteiger partial charge in [0.05, 0.1) is 12.1 Å². The van der Waals surface area contributed by atoms with Gasteiger partial charge in [-0.05, 0) is 23.3 Å². The van der Waals surface area contributed by atoms with Crippen molar-refractivity contribution in [2.45, 2.75) is 18.6 Å². The summed E-state index contributed by atoms with van der Waals surface area (Å²) in [5.41, 5.74) is 1.54. The predicted octanol–water partition coefficient (Wildman–Crippen LogP) is 1.40. The normalized spacial score (nSPS) is 21.8. The molecule has 2 atom stereocenters. The summed E-state index contributed by atoms with van der Waals surface area (Å²) in [5, 5.41) is 19.9. The Morgan fingerprint density at radius 1 is 1.50 bits per heavy atom. The molecular formula is C12H13Cl2NO3. The molecule has 4 nitrogen and oxygen atoms in total. The average molecular weight is 290 g/mol. The van der Waals surface area contributed by atoms with Crippen LogP contribution in [0.4, 0.5) is 0 Å². The number of fused-ring (bicyclic) bond motifs is 1. The highest BCUT2D eigenvalue weighted by molar-refractivity contribution is 6.35. The number of amides is 1. The van der Waals surface area contributed by atoms with E-state index in [0.29, 0.717) is 16.5 Å². The smallest absolute Gasteiger partial charge is 0.248 e. The Labute approximate surface area is 115 Å². The lowest BCUT2D eigenvalue weighted by Crippen LogP contribution is -2.37. The molecule has 0 fully saturated rings. The van der Waals surface area contributed by atoms with E-state index in [1.54, 1.807) is 12.1 Å². The van der Waals surface area contributed by atoms with Crippen molar-refractivity contribution in [2.24, 2.45) is 0 Å². The zero-order chi connectivity index (χ0) is 13.4. The van der Waals surface area contributed by atoms with Gasteiger partial charge in [0.15, 0.2) is 0 Å². The van der Waals surface area contributed by atoms with Gasteiger partial charge < -0.3 is 15.1 Å². The van der Waals surface area contributed by atoms with Crippen LogP contribution in [0.2, 0.25) is 10.0 Å². The van der Waals surface area contributed by atoms with E-state index in [0.717, 1.165) is 11.1 Å². The fourth-order valence-corrected chi connectivity index (χ4v) is 2.95. The highest BCUT2D eigenvalue weighted by atomic mass is 35.5. The van der Waals surface area contributed by atoms with Gasteiger partial charge >= 0.3 is 0 Å². The Morgan fingerprint density at radius 2 is 2.17 bits per heavy atom. The summed E-state index contributed by atoms with van der Waals surface area (Å²) in [6.45, 7) is -0.594. The number of halogens is 2. The van der Waals surface area contributed by atoms with Gasteiger partial charge in [0.25, 0.3) is 0 Å². The first kappa shape index (κ1) is 13.6. The molecule has 6 heteroatoms. The van der Waals surface area contributed by atoms with Crippen LogP contribution in [-0.2, 0) is 11.2 Å². The Hall–Kier alpha value is -0.810. The van der Waals surface area contributed by atoms with Crippen molar-refractivity contribution in [2.75, 3.05) is 13.7 Å². The van der Waals surface area contributed by atoms with Crippen molar-refractivity contribution in [3.8, 4) is 0 Å². The summed E-state index contributed by atoms with van der Waals surface area (Å²) < 4.78 is 0. The molecular weight excluding hydrogens is 277 g/mol. The minimum atomic E-state index is -0.739. The van der Waals surface area contributed by atoms with Gasteiger partial charge in [-0.1, -0.05) is 23.2 Å². The standard InChI is InChI=1S/C12H13Cl2NO3/c1-15(11(18)5-16)12-8-2-6(13)3-9(14)7(8)4-10(12)17/h2-3,10,12,16-17H,4-5H2,1H3/t10-,12-/m1/s1. The topological polar surface area (TPSA) is 60.8 Å². The quantitative estimate of drug-likeness (QED) is 0.865. The van der Waals surface area contributed by atoms with Crippen LogP contribution in [0.3, 0.4) is 0 Å². The maximum absolute atomic E-state index is 11.5. The first-order valence-electron chi connectivity index (χ1n) is 5.48. The third-order valence-corrected chi connectivity index (χ3v) is 3.79. The first-order chi connectivity index (χ1) is 8.45. The van der Waals surface area contributed by atoms with Gasteiger partial charge in [-0.3, -0.25) is 4.79 Å². The lowest BCUT2D eigenvalue weighted by molar-refractivity contribution is -0.137. The van der Waals surface area contributed by atoms with Crippen LogP contribution in [0, 0.1) is 0 Å². The third-order valence-electron chi connectivity index (χ3n) is 3.24. The number of nitrogens with zero attached hydrogens (tertiary/aromatic N) is 1. The molecule has 0 spiro atoms. The number of carbonyl (C=O) groups excluding carboxylic acids is 1. The monoisotopic (exact) mass is 289 g/mol. The second-order valence-electron chi connectivity index (χ2n) is 4.33. The lowest BCUT2D eigenvalue weighted by atomic mass is 10.1. The van der Waals surface area contributed by atoms with E-state index >= 15 is 0 Å². The van der Waals surface area contributed by atoms with Crippen molar-refractivity contribution in [3.63, 3.8) is 0 Å². The molecule has 2 N–H and O–H groups in total. The molecule has 0 bridgehead atoms. The molecule has 0 radical (unpaired) electrons. The number of aliphatic hydroxyl groups is 2. The zero-order valence-corrected chi connectivity index (χ0v) is 11.2. The maximum atomic E-state index is 11.5. The highest BCUT2D eigenvalue weighted by Gasteiger charge is 2.37. The first-order valence-corrected chi connectivity index (χ1v) is 6.23. The van der Waals surface area contributed by atoms with Crippen LogP contribution in [0.15, 0.2) is 12.1 Å². The fraction of sp³-hybridized carbons (Fsp3) is 0.417. The molecule has 1 aromatic carbocycles. The number of benzene rings is 1. The van der Waals surface area contributed by atoms with Crippen LogP contribution in [0.1, 0.15) is 17.2 Å². The SMILES string of the molecule is CN(C(=O)CO)[C@@H]1c2cc(Cl)cc(Cl)c2C[C@H]1O. The average Bonchev–Trinajstić information content (AvgIpc) is 2.64. The van der Waals surface area contributed by atoms with E-state index < -0.39 is 24.7 Å². The minimum absolute atomic E-state index is 0.374. The summed E-state index contributed by atoms with van der Waals surface area (Å²) in [6.07, 6.45) is -0.365. The van der Waals surface area contributed by atoms with Gasteiger partial charge in [0.1, 0.15) is 6.61 Å². The number of hydrogen-bond donors (Lipinski definition) is 2. The van der Waals surface area contributed by atoms with E-state index in [9.17, 15) is 9.90 Å². The number of hydrogen-bond acceptors (Lipinski definition) is 3. The van der Waals surface area contributed by atoms with Gasteiger partial charge in [-0.25, -0.2) is 0 Å². The molecule has 0 saturated carbocycles. The predicted molar refractivity (Wildman–Crippen MR) is 68.8 cm³/mol. The van der Waals surface area contributed by atoms with E-state index in [1.807, 2.05) is 0 Å². The molecule has 1 amide bonds. The van der Waals surface area contributed by atoms with Crippen LogP contribution in [-0.4, -0.2) is 40.8 Å². The molecule has 0 unspecified atom stereocenters. The number of rotatable bonds is 2. The summed E-state index contributed by atoms with van der Waals surface area (Å²) >= 11 is 12.0. The molecule has 18 heavy (non-hydrogen) atoms. The summed E-state index contributed by atoms with van der Waals surface area (Å²) in [5.74, 6) is -0.456. The molecule has 0 heterocycles. The molecule has 1 aliphatic rings. The fourth-order valence-electron chi connectivity index (χ4n) is 2.36. The molecule has 98 valence electrons. The Morgan fingerprint density at radius 3 is 2.78 bits per heavy atom. The zero-order valence-electron chi connectivity index (χ0n) is 9.73. The van der Waals surface area contributed by atoms with Gasteiger partial charge in [-0.2, -0.15) is 0 Å². The molecule has 1 aliphatic carbocycles. The summed E-state index contributed by atoms with van der Waals surface area (Å²) in [4.78, 5) is 12.8. The summed E-state index contributed by atoms with van der Waals surface area (Å²) in [7, 11) is 1.54. The van der Waals surface area contributed by atoms with Crippen LogP contribution < -0.4 is 0 Å². The van der Waals surface area contributed by atoms with Crippen LogP contribution in [0.5, 0.6) is 0 Å². The van der Waals surface area contributed by atoms with E-state index in [1.165, 1.54) is 11.9 Å². The van der Waals surface area contributed by atoms with E-state index in [2.05, 4.69) is 0 Å².